The topological polar surface area (TPSA) is 103 Å². The molecule has 10 heteroatoms. The van der Waals surface area contributed by atoms with E-state index in [1.807, 2.05) is 32.0 Å². The Morgan fingerprint density at radius 2 is 1.72 bits per heavy atom. The number of hydrogen-bond acceptors (Lipinski definition) is 5. The van der Waals surface area contributed by atoms with Crippen molar-refractivity contribution in [2.45, 2.75) is 26.9 Å². The summed E-state index contributed by atoms with van der Waals surface area (Å²) in [7, 11) is -0.268. The Kier molecular flexibility index (Phi) is 7.50. The molecule has 0 saturated carbocycles. The zero-order valence-electron chi connectivity index (χ0n) is 19.2. The third kappa shape index (κ3) is 5.83. The third-order valence-corrected chi connectivity index (χ3v) is 7.48. The second-order valence-corrected chi connectivity index (χ2v) is 10.5. The maximum Gasteiger partial charge on any atom is 0.319 e. The SMILES string of the molecule is Cc1cc(CN2CCN(S(=O)(=O)N(C)C)CC2)cc(CN(C(N)=O)c2ccc(C)nc2)c1. The Morgan fingerprint density at radius 3 is 2.28 bits per heavy atom. The van der Waals surface area contributed by atoms with Gasteiger partial charge in [0.1, 0.15) is 0 Å². The maximum absolute atomic E-state index is 12.3. The summed E-state index contributed by atoms with van der Waals surface area (Å²) >= 11 is 0. The fourth-order valence-corrected chi connectivity index (χ4v) is 4.92. The molecule has 0 aliphatic carbocycles. The number of carbonyl (C=O) groups is 1. The Labute approximate surface area is 190 Å². The molecule has 0 bridgehead atoms. The maximum atomic E-state index is 12.3. The minimum atomic E-state index is -3.37. The van der Waals surface area contributed by atoms with Crippen molar-refractivity contribution in [2.24, 2.45) is 5.73 Å². The number of nitrogens with two attached hydrogens (primary N) is 1. The molecule has 9 nitrogen and oxygen atoms in total. The first-order valence-corrected chi connectivity index (χ1v) is 11.9. The van der Waals surface area contributed by atoms with Crippen LogP contribution in [-0.4, -0.2) is 73.2 Å². The Morgan fingerprint density at radius 1 is 1.06 bits per heavy atom. The van der Waals surface area contributed by atoms with E-state index in [9.17, 15) is 13.2 Å². The minimum Gasteiger partial charge on any atom is -0.351 e. The normalized spacial score (nSPS) is 15.8. The highest BCUT2D eigenvalue weighted by molar-refractivity contribution is 7.86. The second kappa shape index (κ2) is 9.95. The van der Waals surface area contributed by atoms with Crippen LogP contribution in [0.4, 0.5) is 10.5 Å². The van der Waals surface area contributed by atoms with Crippen LogP contribution in [0.15, 0.2) is 36.5 Å². The van der Waals surface area contributed by atoms with Crippen LogP contribution in [0.3, 0.4) is 0 Å². The van der Waals surface area contributed by atoms with Crippen LogP contribution in [0.1, 0.15) is 22.4 Å². The highest BCUT2D eigenvalue weighted by Gasteiger charge is 2.28. The lowest BCUT2D eigenvalue weighted by molar-refractivity contribution is 0.177. The van der Waals surface area contributed by atoms with Crippen molar-refractivity contribution in [2.75, 3.05) is 45.2 Å². The molecule has 0 atom stereocenters. The monoisotopic (exact) mass is 460 g/mol. The van der Waals surface area contributed by atoms with Gasteiger partial charge in [-0.25, -0.2) is 4.79 Å². The zero-order valence-corrected chi connectivity index (χ0v) is 20.0. The Bertz CT molecular complexity index is 1050. The van der Waals surface area contributed by atoms with Crippen LogP contribution < -0.4 is 10.6 Å². The summed E-state index contributed by atoms with van der Waals surface area (Å²) in [6.45, 7) is 7.25. The van der Waals surface area contributed by atoms with Gasteiger partial charge in [0.05, 0.1) is 18.4 Å². The molecule has 2 heterocycles. The van der Waals surface area contributed by atoms with Crippen molar-refractivity contribution in [1.82, 2.24) is 18.5 Å². The highest BCUT2D eigenvalue weighted by atomic mass is 32.2. The number of hydrogen-bond donors (Lipinski definition) is 1. The van der Waals surface area contributed by atoms with E-state index in [1.165, 1.54) is 13.5 Å². The summed E-state index contributed by atoms with van der Waals surface area (Å²) in [6.07, 6.45) is 1.65. The third-order valence-electron chi connectivity index (χ3n) is 5.54. The van der Waals surface area contributed by atoms with Crippen molar-refractivity contribution in [3.8, 4) is 0 Å². The minimum absolute atomic E-state index is 0.351. The molecule has 1 saturated heterocycles. The zero-order chi connectivity index (χ0) is 23.5. The van der Waals surface area contributed by atoms with E-state index in [0.29, 0.717) is 45.0 Å². The van der Waals surface area contributed by atoms with E-state index in [1.54, 1.807) is 20.3 Å². The molecule has 0 spiro atoms. The lowest BCUT2D eigenvalue weighted by Gasteiger charge is -2.35. The van der Waals surface area contributed by atoms with Gasteiger partial charge in [-0.1, -0.05) is 23.8 Å². The van der Waals surface area contributed by atoms with Crippen LogP contribution in [0, 0.1) is 13.8 Å². The van der Waals surface area contributed by atoms with Crippen LogP contribution in [0.25, 0.3) is 0 Å². The molecular weight excluding hydrogens is 428 g/mol. The van der Waals surface area contributed by atoms with Crippen LogP contribution in [-0.2, 0) is 23.3 Å². The van der Waals surface area contributed by atoms with Gasteiger partial charge in [0.25, 0.3) is 10.2 Å². The fourth-order valence-electron chi connectivity index (χ4n) is 3.84. The van der Waals surface area contributed by atoms with Crippen LogP contribution in [0.2, 0.25) is 0 Å². The van der Waals surface area contributed by atoms with Crippen molar-refractivity contribution in [3.05, 3.63) is 58.9 Å². The van der Waals surface area contributed by atoms with Gasteiger partial charge in [-0.05, 0) is 37.1 Å². The van der Waals surface area contributed by atoms with E-state index >= 15 is 0 Å². The fraction of sp³-hybridized carbons (Fsp3) is 0.455. The van der Waals surface area contributed by atoms with Crippen molar-refractivity contribution in [3.63, 3.8) is 0 Å². The molecule has 1 aliphatic heterocycles. The Balaban J connectivity index is 1.69. The number of aryl methyl sites for hydroxylation is 2. The molecule has 32 heavy (non-hydrogen) atoms. The predicted molar refractivity (Wildman–Crippen MR) is 125 cm³/mol. The summed E-state index contributed by atoms with van der Waals surface area (Å²) in [4.78, 5) is 20.1. The number of piperazine rings is 1. The molecular formula is C22H32N6O3S. The Hall–Kier alpha value is -2.53. The van der Waals surface area contributed by atoms with Gasteiger partial charge in [0.15, 0.2) is 0 Å². The summed E-state index contributed by atoms with van der Waals surface area (Å²) in [5, 5.41) is 0. The molecule has 0 unspecified atom stereocenters. The molecule has 1 aromatic carbocycles. The molecule has 2 aromatic rings. The number of rotatable bonds is 7. The van der Waals surface area contributed by atoms with E-state index < -0.39 is 16.2 Å². The van der Waals surface area contributed by atoms with Gasteiger partial charge in [-0.2, -0.15) is 17.0 Å². The number of amides is 2. The van der Waals surface area contributed by atoms with E-state index in [4.69, 9.17) is 5.73 Å². The molecule has 2 N–H and O–H groups in total. The number of pyridine rings is 1. The molecule has 2 amide bonds. The number of benzene rings is 1. The van der Waals surface area contributed by atoms with Gasteiger partial charge in [0, 0.05) is 52.5 Å². The largest absolute Gasteiger partial charge is 0.351 e. The predicted octanol–water partition coefficient (Wildman–Crippen LogP) is 1.71. The van der Waals surface area contributed by atoms with Crippen molar-refractivity contribution >= 4 is 21.9 Å². The average Bonchev–Trinajstić information content (AvgIpc) is 2.72. The van der Waals surface area contributed by atoms with E-state index in [0.717, 1.165) is 22.4 Å². The first kappa shape index (κ1) is 24.1. The molecule has 1 aromatic heterocycles. The quantitative estimate of drug-likeness (QED) is 0.678. The number of primary amides is 1. The lowest BCUT2D eigenvalue weighted by Crippen LogP contribution is -2.51. The van der Waals surface area contributed by atoms with Gasteiger partial charge in [-0.15, -0.1) is 0 Å². The number of nitrogens with zero attached hydrogens (tertiary/aromatic N) is 5. The summed E-state index contributed by atoms with van der Waals surface area (Å²) in [5.74, 6) is 0. The summed E-state index contributed by atoms with van der Waals surface area (Å²) in [6, 6.07) is 9.40. The van der Waals surface area contributed by atoms with Crippen molar-refractivity contribution < 1.29 is 13.2 Å². The van der Waals surface area contributed by atoms with E-state index in [-0.39, 0.29) is 0 Å². The average molecular weight is 461 g/mol. The van der Waals surface area contributed by atoms with E-state index in [2.05, 4.69) is 22.0 Å². The molecule has 1 fully saturated rings. The van der Waals surface area contributed by atoms with Gasteiger partial charge in [-0.3, -0.25) is 14.8 Å². The molecule has 3 rings (SSSR count). The number of carbonyl (C=O) groups excluding carboxylic acids is 1. The molecule has 174 valence electrons. The summed E-state index contributed by atoms with van der Waals surface area (Å²) < 4.78 is 27.4. The smallest absolute Gasteiger partial charge is 0.319 e. The second-order valence-electron chi connectivity index (χ2n) is 8.37. The number of anilines is 1. The highest BCUT2D eigenvalue weighted by Crippen LogP contribution is 2.20. The lowest BCUT2D eigenvalue weighted by atomic mass is 10.0. The summed E-state index contributed by atoms with van der Waals surface area (Å²) in [5.41, 5.74) is 10.4. The van der Waals surface area contributed by atoms with Gasteiger partial charge in [0.2, 0.25) is 0 Å². The van der Waals surface area contributed by atoms with Crippen LogP contribution in [0.5, 0.6) is 0 Å². The first-order valence-electron chi connectivity index (χ1n) is 10.6. The molecule has 0 radical (unpaired) electrons. The number of urea groups is 1. The van der Waals surface area contributed by atoms with Crippen molar-refractivity contribution in [1.29, 1.82) is 0 Å². The van der Waals surface area contributed by atoms with Gasteiger partial charge >= 0.3 is 6.03 Å². The standard InChI is InChI=1S/C22H32N6O3S/c1-17-11-19(15-26-7-9-27(10-8-26)32(30,31)25(3)4)13-20(12-17)16-28(22(23)29)21-6-5-18(2)24-14-21/h5-6,11-14H,7-10,15-16H2,1-4H3,(H2,23,29). The number of aromatic nitrogens is 1. The van der Waals surface area contributed by atoms with Crippen LogP contribution >= 0.6 is 0 Å². The first-order chi connectivity index (χ1) is 15.1. The molecule has 1 aliphatic rings. The van der Waals surface area contributed by atoms with Gasteiger partial charge < -0.3 is 5.73 Å².